The van der Waals surface area contributed by atoms with Crippen molar-refractivity contribution in [1.82, 2.24) is 10.3 Å². The van der Waals surface area contributed by atoms with Crippen LogP contribution >= 0.6 is 0 Å². The highest BCUT2D eigenvalue weighted by molar-refractivity contribution is 5.85. The van der Waals surface area contributed by atoms with Crippen LogP contribution in [0.2, 0.25) is 0 Å². The van der Waals surface area contributed by atoms with Gasteiger partial charge in [0.15, 0.2) is 0 Å². The molecule has 0 aliphatic carbocycles. The minimum Gasteiger partial charge on any atom is -0.506 e. The van der Waals surface area contributed by atoms with Crippen LogP contribution in [-0.4, -0.2) is 23.7 Å². The summed E-state index contributed by atoms with van der Waals surface area (Å²) in [6, 6.07) is 7.68. The van der Waals surface area contributed by atoms with Gasteiger partial charge in [0, 0.05) is 11.1 Å². The number of phenols is 1. The van der Waals surface area contributed by atoms with Gasteiger partial charge in [-0.1, -0.05) is 12.1 Å². The minimum absolute atomic E-state index is 0.326. The Morgan fingerprint density at radius 1 is 1.40 bits per heavy atom. The first kappa shape index (κ1) is 10.1. The van der Waals surface area contributed by atoms with Gasteiger partial charge in [-0.3, -0.25) is 0 Å². The lowest BCUT2D eigenvalue weighted by atomic mass is 10.2. The molecule has 80 valence electrons. The Morgan fingerprint density at radius 2 is 2.27 bits per heavy atom. The second-order valence-electron chi connectivity index (χ2n) is 3.74. The maximum atomic E-state index is 9.61. The minimum atomic E-state index is 0.326. The third-order valence-corrected chi connectivity index (χ3v) is 2.56. The van der Waals surface area contributed by atoms with E-state index in [9.17, 15) is 5.11 Å². The predicted molar refractivity (Wildman–Crippen MR) is 62.2 cm³/mol. The van der Waals surface area contributed by atoms with E-state index in [1.807, 2.05) is 19.2 Å². The number of fused-ring (bicyclic) bond motifs is 1. The van der Waals surface area contributed by atoms with Crippen molar-refractivity contribution in [2.45, 2.75) is 12.8 Å². The third kappa shape index (κ3) is 2.13. The molecule has 2 aromatic rings. The number of H-pyrrole nitrogens is 1. The third-order valence-electron chi connectivity index (χ3n) is 2.56. The molecule has 1 heterocycles. The summed E-state index contributed by atoms with van der Waals surface area (Å²) >= 11 is 0. The second-order valence-corrected chi connectivity index (χ2v) is 3.74. The Hall–Kier alpha value is -1.48. The van der Waals surface area contributed by atoms with Crippen molar-refractivity contribution in [2.75, 3.05) is 13.6 Å². The Balaban J connectivity index is 2.20. The van der Waals surface area contributed by atoms with Gasteiger partial charge in [-0.15, -0.1) is 0 Å². The molecule has 3 N–H and O–H groups in total. The quantitative estimate of drug-likeness (QED) is 0.667. The van der Waals surface area contributed by atoms with E-state index in [1.165, 1.54) is 5.69 Å². The van der Waals surface area contributed by atoms with Gasteiger partial charge >= 0.3 is 0 Å². The maximum absolute atomic E-state index is 9.61. The van der Waals surface area contributed by atoms with Crippen molar-refractivity contribution in [2.24, 2.45) is 0 Å². The monoisotopic (exact) mass is 204 g/mol. The molecule has 3 nitrogen and oxygen atoms in total. The lowest BCUT2D eigenvalue weighted by molar-refractivity contribution is 0.480. The normalized spacial score (nSPS) is 11.0. The molecule has 0 aliphatic rings. The van der Waals surface area contributed by atoms with E-state index in [-0.39, 0.29) is 0 Å². The van der Waals surface area contributed by atoms with Crippen molar-refractivity contribution in [3.63, 3.8) is 0 Å². The molecule has 0 saturated heterocycles. The van der Waals surface area contributed by atoms with Crippen LogP contribution in [0.5, 0.6) is 5.75 Å². The second kappa shape index (κ2) is 4.36. The van der Waals surface area contributed by atoms with Crippen LogP contribution in [0.1, 0.15) is 12.1 Å². The summed E-state index contributed by atoms with van der Waals surface area (Å²) in [7, 11) is 1.96. The number of nitrogens with one attached hydrogen (secondary N) is 2. The first-order chi connectivity index (χ1) is 7.31. The molecule has 0 aliphatic heterocycles. The molecule has 0 amide bonds. The summed E-state index contributed by atoms with van der Waals surface area (Å²) in [4.78, 5) is 3.24. The van der Waals surface area contributed by atoms with E-state index in [0.717, 1.165) is 30.3 Å². The number of aromatic nitrogens is 1. The fourth-order valence-electron chi connectivity index (χ4n) is 1.79. The Morgan fingerprint density at radius 3 is 3.00 bits per heavy atom. The number of para-hydroxylation sites is 1. The fraction of sp³-hybridized carbons (Fsp3) is 0.333. The summed E-state index contributed by atoms with van der Waals surface area (Å²) < 4.78 is 0. The van der Waals surface area contributed by atoms with Crippen LogP contribution in [0.25, 0.3) is 10.9 Å². The highest BCUT2D eigenvalue weighted by atomic mass is 16.3. The highest BCUT2D eigenvalue weighted by Gasteiger charge is 2.03. The van der Waals surface area contributed by atoms with Crippen molar-refractivity contribution in [3.05, 3.63) is 30.0 Å². The number of aromatic amines is 1. The molecule has 0 saturated carbocycles. The van der Waals surface area contributed by atoms with Gasteiger partial charge in [0.1, 0.15) is 5.75 Å². The van der Waals surface area contributed by atoms with E-state index in [0.29, 0.717) is 5.75 Å². The molecule has 0 fully saturated rings. The van der Waals surface area contributed by atoms with Gasteiger partial charge in [-0.2, -0.15) is 0 Å². The molecular weight excluding hydrogens is 188 g/mol. The summed E-state index contributed by atoms with van der Waals surface area (Å²) in [5, 5.41) is 13.8. The lowest BCUT2D eigenvalue weighted by Gasteiger charge is -1.97. The number of phenolic OH excluding ortho intramolecular Hbond substituents is 1. The average Bonchev–Trinajstić information content (AvgIpc) is 2.63. The summed E-state index contributed by atoms with van der Waals surface area (Å²) in [5.74, 6) is 0.326. The summed E-state index contributed by atoms with van der Waals surface area (Å²) in [6.07, 6.45) is 2.11. The number of hydrogen-bond acceptors (Lipinski definition) is 2. The number of hydrogen-bond donors (Lipinski definition) is 3. The van der Waals surface area contributed by atoms with Crippen LogP contribution < -0.4 is 5.32 Å². The maximum Gasteiger partial charge on any atom is 0.139 e. The molecule has 3 heteroatoms. The van der Waals surface area contributed by atoms with E-state index in [1.54, 1.807) is 6.07 Å². The van der Waals surface area contributed by atoms with Gasteiger partial charge in [0.05, 0.1) is 5.52 Å². The number of aromatic hydroxyl groups is 1. The first-order valence-electron chi connectivity index (χ1n) is 5.25. The van der Waals surface area contributed by atoms with Gasteiger partial charge in [-0.25, -0.2) is 0 Å². The number of rotatable bonds is 4. The molecular formula is C12H16N2O. The Labute approximate surface area is 89.1 Å². The topological polar surface area (TPSA) is 48.0 Å². The molecule has 15 heavy (non-hydrogen) atoms. The van der Waals surface area contributed by atoms with Crippen LogP contribution in [0, 0.1) is 0 Å². The first-order valence-corrected chi connectivity index (χ1v) is 5.25. The van der Waals surface area contributed by atoms with Crippen LogP contribution in [0.15, 0.2) is 24.3 Å². The SMILES string of the molecule is CNCCCc1cc2cccc(O)c2[nH]1. The average molecular weight is 204 g/mol. The smallest absolute Gasteiger partial charge is 0.139 e. The van der Waals surface area contributed by atoms with E-state index >= 15 is 0 Å². The lowest BCUT2D eigenvalue weighted by Crippen LogP contribution is -2.08. The molecule has 0 spiro atoms. The fourth-order valence-corrected chi connectivity index (χ4v) is 1.79. The van der Waals surface area contributed by atoms with Crippen LogP contribution in [0.4, 0.5) is 0 Å². The van der Waals surface area contributed by atoms with Crippen molar-refractivity contribution in [1.29, 1.82) is 0 Å². The standard InChI is InChI=1S/C12H16N2O/c1-13-7-3-5-10-8-9-4-2-6-11(15)12(9)14-10/h2,4,6,8,13-15H,3,5,7H2,1H3. The van der Waals surface area contributed by atoms with Crippen molar-refractivity contribution in [3.8, 4) is 5.75 Å². The number of benzene rings is 1. The summed E-state index contributed by atoms with van der Waals surface area (Å²) in [5.41, 5.74) is 2.03. The Kier molecular flexibility index (Phi) is 2.92. The van der Waals surface area contributed by atoms with E-state index in [4.69, 9.17) is 0 Å². The van der Waals surface area contributed by atoms with Crippen molar-refractivity contribution < 1.29 is 5.11 Å². The van der Waals surface area contributed by atoms with Crippen LogP contribution in [-0.2, 0) is 6.42 Å². The van der Waals surface area contributed by atoms with Crippen molar-refractivity contribution >= 4 is 10.9 Å². The molecule has 0 radical (unpaired) electrons. The van der Waals surface area contributed by atoms with Gasteiger partial charge in [-0.05, 0) is 38.6 Å². The largest absolute Gasteiger partial charge is 0.506 e. The van der Waals surface area contributed by atoms with Gasteiger partial charge in [0.25, 0.3) is 0 Å². The van der Waals surface area contributed by atoms with Crippen LogP contribution in [0.3, 0.4) is 0 Å². The summed E-state index contributed by atoms with van der Waals surface area (Å²) in [6.45, 7) is 1.02. The zero-order valence-electron chi connectivity index (χ0n) is 8.88. The molecule has 0 bridgehead atoms. The molecule has 1 aromatic carbocycles. The molecule has 2 rings (SSSR count). The zero-order chi connectivity index (χ0) is 10.7. The van der Waals surface area contributed by atoms with E-state index in [2.05, 4.69) is 16.4 Å². The van der Waals surface area contributed by atoms with E-state index < -0.39 is 0 Å². The van der Waals surface area contributed by atoms with Gasteiger partial charge < -0.3 is 15.4 Å². The predicted octanol–water partition coefficient (Wildman–Crippen LogP) is 2.03. The number of aryl methyl sites for hydroxylation is 1. The van der Waals surface area contributed by atoms with Gasteiger partial charge in [0.2, 0.25) is 0 Å². The zero-order valence-corrected chi connectivity index (χ0v) is 8.88. The Bertz CT molecular complexity index is 448. The molecule has 1 aromatic heterocycles. The molecule has 0 atom stereocenters. The highest BCUT2D eigenvalue weighted by Crippen LogP contribution is 2.24. The molecule has 0 unspecified atom stereocenters.